The van der Waals surface area contributed by atoms with Crippen LogP contribution in [0.25, 0.3) is 0 Å². The number of carbonyl (C=O) groups is 1. The summed E-state index contributed by atoms with van der Waals surface area (Å²) in [6.45, 7) is 5.96. The van der Waals surface area contributed by atoms with Crippen molar-refractivity contribution in [3.8, 4) is 0 Å². The first kappa shape index (κ1) is 13.6. The first-order chi connectivity index (χ1) is 9.11. The molecule has 1 aliphatic rings. The Labute approximate surface area is 114 Å². The van der Waals surface area contributed by atoms with Crippen molar-refractivity contribution in [3.05, 3.63) is 34.9 Å². The Morgan fingerprint density at radius 2 is 2.32 bits per heavy atom. The van der Waals surface area contributed by atoms with Crippen LogP contribution in [-0.4, -0.2) is 19.0 Å². The van der Waals surface area contributed by atoms with E-state index in [1.54, 1.807) is 0 Å². The molecule has 0 aliphatic carbocycles. The van der Waals surface area contributed by atoms with Crippen molar-refractivity contribution in [3.63, 3.8) is 0 Å². The molecule has 0 bridgehead atoms. The molecule has 1 amide bonds. The number of nitrogens with one attached hydrogen (secondary N) is 2. The van der Waals surface area contributed by atoms with Crippen LogP contribution in [0.15, 0.2) is 23.8 Å². The van der Waals surface area contributed by atoms with E-state index in [1.165, 1.54) is 11.1 Å². The topological polar surface area (TPSA) is 67.1 Å². The Hall–Kier alpha value is -1.81. The van der Waals surface area contributed by atoms with E-state index in [0.29, 0.717) is 12.1 Å². The van der Waals surface area contributed by atoms with Gasteiger partial charge in [0.25, 0.3) is 0 Å². The molecule has 0 spiro atoms. The molecular weight excluding hydrogens is 238 g/mol. The zero-order valence-electron chi connectivity index (χ0n) is 11.5. The second-order valence-corrected chi connectivity index (χ2v) is 4.95. The standard InChI is InChI=1S/C15H21N3O/c1-3-10(2)9-17-7-6-11-4-5-13(16)15-12(11)8-14(19)18-15/h3-5,17H,6-9,16H2,1-2H3,(H,18,19)/b10-3+. The Morgan fingerprint density at radius 3 is 3.05 bits per heavy atom. The number of benzene rings is 1. The predicted molar refractivity (Wildman–Crippen MR) is 79.2 cm³/mol. The fourth-order valence-corrected chi connectivity index (χ4v) is 2.25. The number of anilines is 2. The largest absolute Gasteiger partial charge is 0.397 e. The van der Waals surface area contributed by atoms with Gasteiger partial charge in [0.1, 0.15) is 0 Å². The van der Waals surface area contributed by atoms with Gasteiger partial charge >= 0.3 is 0 Å². The molecule has 4 nitrogen and oxygen atoms in total. The van der Waals surface area contributed by atoms with Crippen molar-refractivity contribution in [1.82, 2.24) is 5.32 Å². The highest BCUT2D eigenvalue weighted by molar-refractivity contribution is 6.03. The van der Waals surface area contributed by atoms with Gasteiger partial charge in [0.15, 0.2) is 0 Å². The maximum absolute atomic E-state index is 11.5. The van der Waals surface area contributed by atoms with Crippen LogP contribution in [0.4, 0.5) is 11.4 Å². The summed E-state index contributed by atoms with van der Waals surface area (Å²) in [4.78, 5) is 11.5. The first-order valence-electron chi connectivity index (χ1n) is 6.64. The summed E-state index contributed by atoms with van der Waals surface area (Å²) in [7, 11) is 0. The summed E-state index contributed by atoms with van der Waals surface area (Å²) in [6.07, 6.45) is 3.47. The zero-order valence-corrected chi connectivity index (χ0v) is 11.5. The second-order valence-electron chi connectivity index (χ2n) is 4.95. The van der Waals surface area contributed by atoms with E-state index in [0.717, 1.165) is 30.8 Å². The fraction of sp³-hybridized carbons (Fsp3) is 0.400. The van der Waals surface area contributed by atoms with E-state index in [2.05, 4.69) is 23.6 Å². The summed E-state index contributed by atoms with van der Waals surface area (Å²) < 4.78 is 0. The maximum Gasteiger partial charge on any atom is 0.228 e. The number of carbonyl (C=O) groups excluding carboxylic acids is 1. The summed E-state index contributed by atoms with van der Waals surface area (Å²) in [5.74, 6) is 0.0341. The van der Waals surface area contributed by atoms with Gasteiger partial charge in [-0.05, 0) is 44.0 Å². The number of nitrogens with two attached hydrogens (primary N) is 1. The second kappa shape index (κ2) is 5.89. The summed E-state index contributed by atoms with van der Waals surface area (Å²) in [6, 6.07) is 3.90. The highest BCUT2D eigenvalue weighted by Crippen LogP contribution is 2.32. The van der Waals surface area contributed by atoms with Gasteiger partial charge in [0.2, 0.25) is 5.91 Å². The van der Waals surface area contributed by atoms with Gasteiger partial charge < -0.3 is 16.4 Å². The molecule has 19 heavy (non-hydrogen) atoms. The van der Waals surface area contributed by atoms with E-state index < -0.39 is 0 Å². The lowest BCUT2D eigenvalue weighted by Crippen LogP contribution is -2.19. The molecule has 2 rings (SSSR count). The highest BCUT2D eigenvalue weighted by Gasteiger charge is 2.22. The van der Waals surface area contributed by atoms with Gasteiger partial charge in [-0.15, -0.1) is 0 Å². The van der Waals surface area contributed by atoms with Gasteiger partial charge in [-0.3, -0.25) is 4.79 Å². The number of hydrogen-bond donors (Lipinski definition) is 3. The molecule has 0 radical (unpaired) electrons. The van der Waals surface area contributed by atoms with Gasteiger partial charge in [-0.25, -0.2) is 0 Å². The monoisotopic (exact) mass is 259 g/mol. The average Bonchev–Trinajstić information content (AvgIpc) is 2.79. The molecule has 1 aromatic rings. The number of nitrogen functional groups attached to an aromatic ring is 1. The van der Waals surface area contributed by atoms with Crippen LogP contribution in [0.2, 0.25) is 0 Å². The normalized spacial score (nSPS) is 14.4. The molecule has 1 aromatic carbocycles. The lowest BCUT2D eigenvalue weighted by molar-refractivity contribution is -0.115. The van der Waals surface area contributed by atoms with Crippen molar-refractivity contribution in [1.29, 1.82) is 0 Å². The van der Waals surface area contributed by atoms with Gasteiger partial charge in [0, 0.05) is 6.54 Å². The molecule has 1 heterocycles. The smallest absolute Gasteiger partial charge is 0.228 e. The van der Waals surface area contributed by atoms with Crippen LogP contribution in [0.5, 0.6) is 0 Å². The van der Waals surface area contributed by atoms with Gasteiger partial charge in [-0.2, -0.15) is 0 Å². The lowest BCUT2D eigenvalue weighted by Gasteiger charge is -2.10. The number of fused-ring (bicyclic) bond motifs is 1. The summed E-state index contributed by atoms with van der Waals surface area (Å²) >= 11 is 0. The third kappa shape index (κ3) is 3.15. The van der Waals surface area contributed by atoms with Crippen LogP contribution >= 0.6 is 0 Å². The quantitative estimate of drug-likeness (QED) is 0.429. The number of rotatable bonds is 5. The van der Waals surface area contributed by atoms with Gasteiger partial charge in [0.05, 0.1) is 17.8 Å². The molecular formula is C15H21N3O. The van der Waals surface area contributed by atoms with E-state index in [9.17, 15) is 4.79 Å². The Kier molecular flexibility index (Phi) is 4.22. The molecule has 0 fully saturated rings. The maximum atomic E-state index is 11.5. The minimum Gasteiger partial charge on any atom is -0.397 e. The average molecular weight is 259 g/mol. The van der Waals surface area contributed by atoms with Crippen LogP contribution in [-0.2, 0) is 17.6 Å². The molecule has 0 aromatic heterocycles. The van der Waals surface area contributed by atoms with Crippen LogP contribution in [0, 0.1) is 0 Å². The molecule has 4 heteroatoms. The number of allylic oxidation sites excluding steroid dienone is 1. The van der Waals surface area contributed by atoms with E-state index in [1.807, 2.05) is 19.1 Å². The first-order valence-corrected chi connectivity index (χ1v) is 6.64. The Bertz CT molecular complexity index is 520. The third-order valence-electron chi connectivity index (χ3n) is 3.51. The molecule has 102 valence electrons. The Balaban J connectivity index is 1.99. The van der Waals surface area contributed by atoms with Crippen molar-refractivity contribution in [2.24, 2.45) is 0 Å². The molecule has 4 N–H and O–H groups in total. The van der Waals surface area contributed by atoms with Crippen molar-refractivity contribution in [2.45, 2.75) is 26.7 Å². The molecule has 1 aliphatic heterocycles. The van der Waals surface area contributed by atoms with Crippen molar-refractivity contribution >= 4 is 17.3 Å². The zero-order chi connectivity index (χ0) is 13.8. The molecule has 0 unspecified atom stereocenters. The third-order valence-corrected chi connectivity index (χ3v) is 3.51. The van der Waals surface area contributed by atoms with E-state index >= 15 is 0 Å². The number of hydrogen-bond acceptors (Lipinski definition) is 3. The van der Waals surface area contributed by atoms with Crippen molar-refractivity contribution < 1.29 is 4.79 Å². The summed E-state index contributed by atoms with van der Waals surface area (Å²) in [5.41, 5.74) is 10.9. The molecule has 0 saturated heterocycles. The minimum absolute atomic E-state index is 0.0341. The van der Waals surface area contributed by atoms with E-state index in [-0.39, 0.29) is 5.91 Å². The SMILES string of the molecule is C/C=C(\C)CNCCc1ccc(N)c2c1CC(=O)N2. The predicted octanol–water partition coefficient (Wildman–Crippen LogP) is 1.86. The highest BCUT2D eigenvalue weighted by atomic mass is 16.1. The molecule has 0 saturated carbocycles. The fourth-order valence-electron chi connectivity index (χ4n) is 2.25. The van der Waals surface area contributed by atoms with Crippen molar-refractivity contribution in [2.75, 3.05) is 24.1 Å². The van der Waals surface area contributed by atoms with Crippen LogP contribution in [0.1, 0.15) is 25.0 Å². The van der Waals surface area contributed by atoms with Crippen LogP contribution in [0.3, 0.4) is 0 Å². The van der Waals surface area contributed by atoms with Gasteiger partial charge in [-0.1, -0.05) is 17.7 Å². The number of amides is 1. The summed E-state index contributed by atoms with van der Waals surface area (Å²) in [5, 5.41) is 6.23. The van der Waals surface area contributed by atoms with Crippen LogP contribution < -0.4 is 16.4 Å². The minimum atomic E-state index is 0.0341. The lowest BCUT2D eigenvalue weighted by atomic mass is 10.0. The van der Waals surface area contributed by atoms with E-state index in [4.69, 9.17) is 5.73 Å². The molecule has 0 atom stereocenters. The Morgan fingerprint density at radius 1 is 1.53 bits per heavy atom.